The molecule has 1 aliphatic heterocycles. The molecule has 110 valence electrons. The van der Waals surface area contributed by atoms with E-state index in [2.05, 4.69) is 15.6 Å². The van der Waals surface area contributed by atoms with Crippen LogP contribution in [0.5, 0.6) is 0 Å². The molecular formula is C15H17ClN4O. The molecule has 0 aliphatic carbocycles. The zero-order valence-electron chi connectivity index (χ0n) is 11.6. The maximum absolute atomic E-state index is 12.4. The van der Waals surface area contributed by atoms with E-state index in [1.54, 1.807) is 29.4 Å². The van der Waals surface area contributed by atoms with Gasteiger partial charge in [0.2, 0.25) is 5.91 Å². The number of aromatic nitrogens is 2. The van der Waals surface area contributed by atoms with Crippen LogP contribution in [0.25, 0.3) is 5.69 Å². The predicted octanol–water partition coefficient (Wildman–Crippen LogP) is 2.46. The van der Waals surface area contributed by atoms with Crippen molar-refractivity contribution in [2.24, 2.45) is 5.92 Å². The summed E-state index contributed by atoms with van der Waals surface area (Å²) in [7, 11) is 0. The second kappa shape index (κ2) is 6.28. The molecule has 1 unspecified atom stereocenters. The topological polar surface area (TPSA) is 59.0 Å². The largest absolute Gasteiger partial charge is 0.324 e. The fourth-order valence-corrected chi connectivity index (χ4v) is 2.85. The molecule has 2 heterocycles. The molecule has 1 fully saturated rings. The van der Waals surface area contributed by atoms with Crippen molar-refractivity contribution in [3.05, 3.63) is 41.9 Å². The van der Waals surface area contributed by atoms with E-state index in [-0.39, 0.29) is 11.8 Å². The van der Waals surface area contributed by atoms with E-state index < -0.39 is 0 Å². The normalized spacial score (nSPS) is 18.4. The van der Waals surface area contributed by atoms with Crippen LogP contribution in [0.2, 0.25) is 5.02 Å². The highest BCUT2D eigenvalue weighted by molar-refractivity contribution is 6.33. The molecule has 1 aromatic carbocycles. The summed E-state index contributed by atoms with van der Waals surface area (Å²) in [5.74, 6) is 0.0409. The minimum atomic E-state index is 0.00775. The molecule has 3 rings (SSSR count). The number of carbonyl (C=O) groups is 1. The summed E-state index contributed by atoms with van der Waals surface area (Å²) in [6.45, 7) is 1.72. The summed E-state index contributed by atoms with van der Waals surface area (Å²) in [6, 6.07) is 5.49. The zero-order chi connectivity index (χ0) is 14.7. The third kappa shape index (κ3) is 3.09. The van der Waals surface area contributed by atoms with Crippen molar-refractivity contribution >= 4 is 23.2 Å². The van der Waals surface area contributed by atoms with Crippen LogP contribution in [0.4, 0.5) is 5.69 Å². The minimum absolute atomic E-state index is 0.00775. The van der Waals surface area contributed by atoms with Crippen LogP contribution in [-0.2, 0) is 4.79 Å². The van der Waals surface area contributed by atoms with Crippen molar-refractivity contribution in [1.82, 2.24) is 14.9 Å². The fraction of sp³-hybridized carbons (Fsp3) is 0.333. The monoisotopic (exact) mass is 304 g/mol. The molecule has 2 N–H and O–H groups in total. The van der Waals surface area contributed by atoms with Gasteiger partial charge in [-0.25, -0.2) is 4.98 Å². The Morgan fingerprint density at radius 2 is 2.38 bits per heavy atom. The van der Waals surface area contributed by atoms with Gasteiger partial charge in [0.25, 0.3) is 0 Å². The summed E-state index contributed by atoms with van der Waals surface area (Å²) < 4.78 is 1.80. The van der Waals surface area contributed by atoms with Crippen LogP contribution < -0.4 is 10.6 Å². The molecule has 1 atom stereocenters. The van der Waals surface area contributed by atoms with E-state index >= 15 is 0 Å². The van der Waals surface area contributed by atoms with E-state index in [9.17, 15) is 4.79 Å². The van der Waals surface area contributed by atoms with Crippen molar-refractivity contribution in [2.45, 2.75) is 12.8 Å². The molecule has 0 saturated carbocycles. The lowest BCUT2D eigenvalue weighted by molar-refractivity contribution is -0.120. The lowest BCUT2D eigenvalue weighted by Crippen LogP contribution is -2.37. The minimum Gasteiger partial charge on any atom is -0.324 e. The Bertz CT molecular complexity index is 621. The van der Waals surface area contributed by atoms with Crippen LogP contribution in [-0.4, -0.2) is 28.5 Å². The SMILES string of the molecule is O=C(Nc1cccc(Cl)c1-n1ccnc1)C1CCCNC1. The van der Waals surface area contributed by atoms with Gasteiger partial charge in [-0.2, -0.15) is 0 Å². The smallest absolute Gasteiger partial charge is 0.228 e. The van der Waals surface area contributed by atoms with Crippen LogP contribution in [0, 0.1) is 5.92 Å². The van der Waals surface area contributed by atoms with Gasteiger partial charge < -0.3 is 15.2 Å². The van der Waals surface area contributed by atoms with Gasteiger partial charge >= 0.3 is 0 Å². The van der Waals surface area contributed by atoms with Gasteiger partial charge in [0.1, 0.15) is 0 Å². The highest BCUT2D eigenvalue weighted by Crippen LogP contribution is 2.29. The van der Waals surface area contributed by atoms with Crippen molar-refractivity contribution in [1.29, 1.82) is 0 Å². The summed E-state index contributed by atoms with van der Waals surface area (Å²) in [5, 5.41) is 6.83. The first-order valence-corrected chi connectivity index (χ1v) is 7.42. The number of amides is 1. The van der Waals surface area contributed by atoms with E-state index in [0.29, 0.717) is 10.7 Å². The second-order valence-electron chi connectivity index (χ2n) is 5.14. The lowest BCUT2D eigenvalue weighted by Gasteiger charge is -2.22. The fourth-order valence-electron chi connectivity index (χ4n) is 2.58. The molecule has 1 amide bonds. The van der Waals surface area contributed by atoms with Gasteiger partial charge in [-0.05, 0) is 31.5 Å². The van der Waals surface area contributed by atoms with E-state index in [0.717, 1.165) is 31.6 Å². The van der Waals surface area contributed by atoms with Gasteiger partial charge in [-0.15, -0.1) is 0 Å². The van der Waals surface area contributed by atoms with Gasteiger partial charge in [0.05, 0.1) is 28.6 Å². The first-order chi connectivity index (χ1) is 10.3. The number of nitrogens with one attached hydrogen (secondary N) is 2. The second-order valence-corrected chi connectivity index (χ2v) is 5.55. The molecule has 0 bridgehead atoms. The molecule has 6 heteroatoms. The van der Waals surface area contributed by atoms with Crippen LogP contribution in [0.3, 0.4) is 0 Å². The van der Waals surface area contributed by atoms with Crippen LogP contribution in [0.15, 0.2) is 36.9 Å². The third-order valence-corrected chi connectivity index (χ3v) is 3.98. The summed E-state index contributed by atoms with van der Waals surface area (Å²) in [4.78, 5) is 16.4. The number of hydrogen-bond acceptors (Lipinski definition) is 3. The summed E-state index contributed by atoms with van der Waals surface area (Å²) in [6.07, 6.45) is 7.10. The van der Waals surface area contributed by atoms with Gasteiger partial charge in [-0.1, -0.05) is 17.7 Å². The molecule has 1 aromatic heterocycles. The highest BCUT2D eigenvalue weighted by Gasteiger charge is 2.22. The third-order valence-electron chi connectivity index (χ3n) is 3.67. The Hall–Kier alpha value is -1.85. The maximum atomic E-state index is 12.4. The number of para-hydroxylation sites is 1. The van der Waals surface area contributed by atoms with E-state index in [1.165, 1.54) is 0 Å². The van der Waals surface area contributed by atoms with Crippen LogP contribution >= 0.6 is 11.6 Å². The summed E-state index contributed by atoms with van der Waals surface area (Å²) >= 11 is 6.28. The number of hydrogen-bond donors (Lipinski definition) is 2. The number of rotatable bonds is 3. The first-order valence-electron chi connectivity index (χ1n) is 7.04. The zero-order valence-corrected chi connectivity index (χ0v) is 12.3. The molecule has 5 nitrogen and oxygen atoms in total. The van der Waals surface area contributed by atoms with E-state index in [4.69, 9.17) is 11.6 Å². The number of halogens is 1. The Labute approximate surface area is 128 Å². The van der Waals surface area contributed by atoms with Crippen molar-refractivity contribution in [3.63, 3.8) is 0 Å². The Morgan fingerprint density at radius 3 is 3.10 bits per heavy atom. The molecule has 2 aromatic rings. The molecule has 0 spiro atoms. The van der Waals surface area contributed by atoms with Crippen molar-refractivity contribution in [2.75, 3.05) is 18.4 Å². The maximum Gasteiger partial charge on any atom is 0.228 e. The summed E-state index contributed by atoms with van der Waals surface area (Å²) in [5.41, 5.74) is 1.45. The molecular weight excluding hydrogens is 288 g/mol. The molecule has 1 saturated heterocycles. The van der Waals surface area contributed by atoms with Crippen LogP contribution in [0.1, 0.15) is 12.8 Å². The Balaban J connectivity index is 1.85. The number of benzene rings is 1. The first kappa shape index (κ1) is 14.1. The molecule has 1 aliphatic rings. The average Bonchev–Trinajstić information content (AvgIpc) is 3.02. The Morgan fingerprint density at radius 1 is 1.48 bits per heavy atom. The van der Waals surface area contributed by atoms with E-state index in [1.807, 2.05) is 12.1 Å². The van der Waals surface area contributed by atoms with Crippen molar-refractivity contribution < 1.29 is 4.79 Å². The van der Waals surface area contributed by atoms with Gasteiger partial charge in [0, 0.05) is 18.9 Å². The van der Waals surface area contributed by atoms with Crippen molar-refractivity contribution in [3.8, 4) is 5.69 Å². The quantitative estimate of drug-likeness (QED) is 0.916. The Kier molecular flexibility index (Phi) is 4.22. The highest BCUT2D eigenvalue weighted by atomic mass is 35.5. The number of anilines is 1. The van der Waals surface area contributed by atoms with Gasteiger partial charge in [0.15, 0.2) is 0 Å². The predicted molar refractivity (Wildman–Crippen MR) is 82.8 cm³/mol. The standard InChI is InChI=1S/C15H17ClN4O/c16-12-4-1-5-13(14(12)20-8-7-18-10-20)19-15(21)11-3-2-6-17-9-11/h1,4-5,7-8,10-11,17H,2-3,6,9H2,(H,19,21). The number of imidazole rings is 1. The number of nitrogens with zero attached hydrogens (tertiary/aromatic N) is 2. The number of piperidine rings is 1. The number of carbonyl (C=O) groups excluding carboxylic acids is 1. The van der Waals surface area contributed by atoms with Gasteiger partial charge in [-0.3, -0.25) is 4.79 Å². The molecule has 21 heavy (non-hydrogen) atoms. The average molecular weight is 305 g/mol. The molecule has 0 radical (unpaired) electrons. The lowest BCUT2D eigenvalue weighted by atomic mass is 9.99.